The van der Waals surface area contributed by atoms with Gasteiger partial charge in [-0.2, -0.15) is 11.8 Å². The Morgan fingerprint density at radius 2 is 1.61 bits per heavy atom. The van der Waals surface area contributed by atoms with Crippen molar-refractivity contribution >= 4 is 35.0 Å². The number of nitrogens with one attached hydrogen (secondary N) is 2. The summed E-state index contributed by atoms with van der Waals surface area (Å²) in [7, 11) is 0. The van der Waals surface area contributed by atoms with Gasteiger partial charge >= 0.3 is 0 Å². The quantitative estimate of drug-likeness (QED) is 0.201. The highest BCUT2D eigenvalue weighted by atomic mass is 32.2. The molecule has 2 aliphatic rings. The molecule has 2 unspecified atom stereocenters. The molecule has 1 fully saturated rings. The largest absolute Gasteiger partial charge is 0.369 e. The maximum Gasteiger partial charge on any atom is 0.255 e. The third kappa shape index (κ3) is 7.23. The van der Waals surface area contributed by atoms with Crippen molar-refractivity contribution < 1.29 is 9.59 Å². The van der Waals surface area contributed by atoms with Crippen LogP contribution >= 0.6 is 11.8 Å². The Hall–Kier alpha value is -4.30. The van der Waals surface area contributed by atoms with Crippen LogP contribution < -0.4 is 21.1 Å². The summed E-state index contributed by atoms with van der Waals surface area (Å²) in [5.74, 6) is 1.84. The molecule has 0 radical (unpaired) electrons. The summed E-state index contributed by atoms with van der Waals surface area (Å²) >= 11 is 1.78. The summed E-state index contributed by atoms with van der Waals surface area (Å²) < 4.78 is 1.92. The summed E-state index contributed by atoms with van der Waals surface area (Å²) in [6.45, 7) is 9.18. The van der Waals surface area contributed by atoms with E-state index in [0.717, 1.165) is 48.0 Å². The molecule has 2 atom stereocenters. The normalized spacial score (nSPS) is 17.2. The molecule has 1 saturated heterocycles. The second kappa shape index (κ2) is 13.6. The number of fused-ring (bicyclic) bond motifs is 4. The lowest BCUT2D eigenvalue weighted by Gasteiger charge is -2.44. The monoisotopic (exact) mass is 634 g/mol. The molecule has 4 aromatic rings. The first-order chi connectivity index (χ1) is 22.2. The molecule has 238 valence electrons. The smallest absolute Gasteiger partial charge is 0.255 e. The van der Waals surface area contributed by atoms with Gasteiger partial charge in [-0.15, -0.1) is 0 Å². The molecule has 3 aromatic carbocycles. The first-order valence-electron chi connectivity index (χ1n) is 16.1. The highest BCUT2D eigenvalue weighted by Crippen LogP contribution is 2.39. The molecule has 7 nitrogen and oxygen atoms in total. The number of pyridine rings is 1. The van der Waals surface area contributed by atoms with Crippen LogP contribution in [-0.2, 0) is 17.7 Å². The number of hydrogen-bond acceptors (Lipinski definition) is 5. The Kier molecular flexibility index (Phi) is 9.36. The Morgan fingerprint density at radius 1 is 0.848 bits per heavy atom. The Morgan fingerprint density at radius 3 is 2.37 bits per heavy atom. The van der Waals surface area contributed by atoms with E-state index in [1.165, 1.54) is 5.56 Å². The molecule has 0 spiro atoms. The van der Waals surface area contributed by atoms with Gasteiger partial charge in [0, 0.05) is 66.5 Å². The van der Waals surface area contributed by atoms with E-state index in [0.29, 0.717) is 35.8 Å². The number of benzene rings is 3. The summed E-state index contributed by atoms with van der Waals surface area (Å²) in [6.07, 6.45) is 1.03. The van der Waals surface area contributed by atoms with E-state index in [1.807, 2.05) is 65.2 Å². The maximum absolute atomic E-state index is 13.6. The zero-order valence-corrected chi connectivity index (χ0v) is 27.6. The minimum atomic E-state index is -0.217. The van der Waals surface area contributed by atoms with Crippen molar-refractivity contribution in [2.75, 3.05) is 35.6 Å². The fourth-order valence-corrected chi connectivity index (χ4v) is 7.38. The van der Waals surface area contributed by atoms with E-state index in [1.54, 1.807) is 23.9 Å². The van der Waals surface area contributed by atoms with E-state index in [9.17, 15) is 14.4 Å². The van der Waals surface area contributed by atoms with Gasteiger partial charge in [-0.3, -0.25) is 14.4 Å². The first kappa shape index (κ1) is 31.7. The van der Waals surface area contributed by atoms with Crippen LogP contribution in [0.2, 0.25) is 0 Å². The Labute approximate surface area is 275 Å². The molecule has 2 bridgehead atoms. The summed E-state index contributed by atoms with van der Waals surface area (Å²) in [5, 5.41) is 6.19. The van der Waals surface area contributed by atoms with Gasteiger partial charge < -0.3 is 20.1 Å². The topological polar surface area (TPSA) is 83.4 Å². The molecule has 0 aliphatic carbocycles. The van der Waals surface area contributed by atoms with Gasteiger partial charge in [-0.05, 0) is 65.3 Å². The van der Waals surface area contributed by atoms with Crippen LogP contribution in [0, 0.1) is 5.92 Å². The fraction of sp³-hybridized carbons (Fsp3) is 0.342. The van der Waals surface area contributed by atoms with Crippen molar-refractivity contribution in [3.8, 4) is 0 Å². The molecule has 6 rings (SSSR count). The van der Waals surface area contributed by atoms with E-state index in [4.69, 9.17) is 0 Å². The van der Waals surface area contributed by atoms with Crippen molar-refractivity contribution in [3.63, 3.8) is 0 Å². The van der Waals surface area contributed by atoms with Crippen molar-refractivity contribution in [2.24, 2.45) is 5.92 Å². The Balaban J connectivity index is 1.21. The van der Waals surface area contributed by atoms with Gasteiger partial charge in [0.25, 0.3) is 17.4 Å². The number of hydrogen-bond donors (Lipinski definition) is 2. The summed E-state index contributed by atoms with van der Waals surface area (Å²) in [5.41, 5.74) is 6.10. The van der Waals surface area contributed by atoms with E-state index >= 15 is 0 Å². The van der Waals surface area contributed by atoms with Crippen LogP contribution in [0.15, 0.2) is 95.8 Å². The van der Waals surface area contributed by atoms with Gasteiger partial charge in [-0.25, -0.2) is 0 Å². The van der Waals surface area contributed by atoms with Crippen LogP contribution in [0.3, 0.4) is 0 Å². The van der Waals surface area contributed by atoms with E-state index < -0.39 is 0 Å². The number of thioether (sulfide) groups is 1. The van der Waals surface area contributed by atoms with Gasteiger partial charge in [0.15, 0.2) is 0 Å². The van der Waals surface area contributed by atoms with Crippen molar-refractivity contribution in [2.45, 2.75) is 50.8 Å². The predicted molar refractivity (Wildman–Crippen MR) is 188 cm³/mol. The lowest BCUT2D eigenvalue weighted by atomic mass is 9.83. The second-order valence-electron chi connectivity index (χ2n) is 13.4. The zero-order chi connectivity index (χ0) is 32.3. The second-order valence-corrected chi connectivity index (χ2v) is 14.5. The third-order valence-electron chi connectivity index (χ3n) is 8.98. The van der Waals surface area contributed by atoms with Gasteiger partial charge in [0.05, 0.1) is 11.4 Å². The predicted octanol–water partition coefficient (Wildman–Crippen LogP) is 6.69. The SMILES string of the molecule is CC(C)(C)c1ccc(C(=O)Nc2cc(C(=O)NCCSCc3ccccc3)ccc2N2CC3CC(C2)c2cccc(=O)n2C3)cc1. The zero-order valence-electron chi connectivity index (χ0n) is 26.8. The fourth-order valence-electron chi connectivity index (χ4n) is 6.57. The number of piperidine rings is 1. The highest BCUT2D eigenvalue weighted by molar-refractivity contribution is 7.98. The number of rotatable bonds is 9. The number of nitrogens with zero attached hydrogens (tertiary/aromatic N) is 2. The first-order valence-corrected chi connectivity index (χ1v) is 17.2. The summed E-state index contributed by atoms with van der Waals surface area (Å²) in [6, 6.07) is 29.2. The van der Waals surface area contributed by atoms with Crippen molar-refractivity contribution in [1.29, 1.82) is 0 Å². The average Bonchev–Trinajstić information content (AvgIpc) is 3.05. The molecule has 2 N–H and O–H groups in total. The Bertz CT molecular complexity index is 1760. The van der Waals surface area contributed by atoms with Gasteiger partial charge in [0.2, 0.25) is 0 Å². The van der Waals surface area contributed by atoms with Crippen LogP contribution in [0.1, 0.15) is 70.6 Å². The number of amides is 2. The van der Waals surface area contributed by atoms with E-state index in [-0.39, 0.29) is 28.7 Å². The standard InChI is InChI=1S/C38H42N4O3S/c1-38(2,3)31-15-12-28(13-16-31)37(45)40-32-21-29(36(44)39-18-19-46-25-26-8-5-4-6-9-26)14-17-34(32)41-22-27-20-30(24-41)33-10-7-11-35(43)42(33)23-27/h4-17,21,27,30H,18-20,22-25H2,1-3H3,(H,39,44)(H,40,45). The lowest BCUT2D eigenvalue weighted by Crippen LogP contribution is -2.47. The third-order valence-corrected chi connectivity index (χ3v) is 10.0. The molecular weight excluding hydrogens is 593 g/mol. The summed E-state index contributed by atoms with van der Waals surface area (Å²) in [4.78, 5) is 41.7. The number of anilines is 2. The van der Waals surface area contributed by atoms with Crippen LogP contribution in [0.5, 0.6) is 0 Å². The molecule has 46 heavy (non-hydrogen) atoms. The number of aromatic nitrogens is 1. The number of carbonyl (C=O) groups is 2. The van der Waals surface area contributed by atoms with Crippen LogP contribution in [0.4, 0.5) is 11.4 Å². The number of carbonyl (C=O) groups excluding carboxylic acids is 2. The van der Waals surface area contributed by atoms with Crippen LogP contribution in [-0.4, -0.2) is 41.8 Å². The van der Waals surface area contributed by atoms with Crippen molar-refractivity contribution in [3.05, 3.63) is 129 Å². The van der Waals surface area contributed by atoms with E-state index in [2.05, 4.69) is 54.5 Å². The van der Waals surface area contributed by atoms with Crippen molar-refractivity contribution in [1.82, 2.24) is 9.88 Å². The molecular formula is C38H42N4O3S. The molecule has 0 saturated carbocycles. The van der Waals surface area contributed by atoms with Gasteiger partial charge in [0.1, 0.15) is 0 Å². The average molecular weight is 635 g/mol. The molecule has 2 amide bonds. The van der Waals surface area contributed by atoms with Crippen LogP contribution in [0.25, 0.3) is 0 Å². The van der Waals surface area contributed by atoms with Gasteiger partial charge in [-0.1, -0.05) is 69.3 Å². The minimum absolute atomic E-state index is 0.0139. The molecule has 2 aliphatic heterocycles. The highest BCUT2D eigenvalue weighted by Gasteiger charge is 2.35. The minimum Gasteiger partial charge on any atom is -0.369 e. The molecule has 8 heteroatoms. The lowest BCUT2D eigenvalue weighted by molar-refractivity contribution is 0.0954. The molecule has 3 heterocycles. The maximum atomic E-state index is 13.6. The molecule has 1 aromatic heterocycles.